The van der Waals surface area contributed by atoms with Gasteiger partial charge in [-0.3, -0.25) is 4.79 Å². The van der Waals surface area contributed by atoms with Crippen LogP contribution in [0.25, 0.3) is 0 Å². The Morgan fingerprint density at radius 2 is 2.25 bits per heavy atom. The van der Waals surface area contributed by atoms with Gasteiger partial charge in [0.25, 0.3) is 5.91 Å². The topological polar surface area (TPSA) is 29.5 Å². The molecule has 0 radical (unpaired) electrons. The Hall–Kier alpha value is -0.490. The number of halogens is 2. The van der Waals surface area contributed by atoms with Crippen LogP contribution < -0.4 is 4.74 Å². The Bertz CT molecular complexity index is 384. The van der Waals surface area contributed by atoms with Crippen molar-refractivity contribution in [3.05, 3.63) is 26.8 Å². The molecule has 88 valence electrons. The number of hydrogen-bond acceptors (Lipinski definition) is 2. The van der Waals surface area contributed by atoms with Crippen molar-refractivity contribution in [3.63, 3.8) is 0 Å². The molecule has 0 unspecified atom stereocenters. The Kier molecular flexibility index (Phi) is 5.34. The van der Waals surface area contributed by atoms with E-state index in [0.717, 1.165) is 3.57 Å². The maximum Gasteiger partial charge on any atom is 0.260 e. The van der Waals surface area contributed by atoms with E-state index in [1.165, 1.54) is 0 Å². The largest absolute Gasteiger partial charge is 0.483 e. The molecule has 0 N–H and O–H groups in total. The molecule has 0 heterocycles. The van der Waals surface area contributed by atoms with E-state index in [-0.39, 0.29) is 12.5 Å². The van der Waals surface area contributed by atoms with Crippen molar-refractivity contribution in [3.8, 4) is 5.75 Å². The van der Waals surface area contributed by atoms with Crippen LogP contribution in [-0.4, -0.2) is 31.0 Å². The molecule has 16 heavy (non-hydrogen) atoms. The molecule has 0 bridgehead atoms. The quantitative estimate of drug-likeness (QED) is 0.779. The molecular weight excluding hydrogens is 340 g/mol. The lowest BCUT2D eigenvalue weighted by molar-refractivity contribution is -0.131. The van der Waals surface area contributed by atoms with Crippen molar-refractivity contribution in [1.82, 2.24) is 4.90 Å². The minimum absolute atomic E-state index is 0.0423. The predicted molar refractivity (Wildman–Crippen MR) is 73.0 cm³/mol. The van der Waals surface area contributed by atoms with E-state index in [0.29, 0.717) is 17.3 Å². The fourth-order valence-electron chi connectivity index (χ4n) is 1.01. The van der Waals surface area contributed by atoms with Gasteiger partial charge in [0.05, 0.1) is 3.57 Å². The normalized spacial score (nSPS) is 10.0. The first-order valence-corrected chi connectivity index (χ1v) is 6.32. The first kappa shape index (κ1) is 13.6. The lowest BCUT2D eigenvalue weighted by atomic mass is 10.3. The van der Waals surface area contributed by atoms with E-state index in [1.807, 2.05) is 13.0 Å². The summed E-state index contributed by atoms with van der Waals surface area (Å²) in [6, 6.07) is 5.35. The molecule has 0 aliphatic heterocycles. The SMILES string of the molecule is CCN(C)C(=O)COc1cc(Cl)ccc1I. The summed E-state index contributed by atoms with van der Waals surface area (Å²) in [5.74, 6) is 0.601. The molecule has 1 aromatic rings. The van der Waals surface area contributed by atoms with Crippen molar-refractivity contribution in [2.45, 2.75) is 6.92 Å². The molecule has 1 aromatic carbocycles. The number of rotatable bonds is 4. The van der Waals surface area contributed by atoms with Crippen LogP contribution in [0.1, 0.15) is 6.92 Å². The van der Waals surface area contributed by atoms with E-state index in [1.54, 1.807) is 24.1 Å². The van der Waals surface area contributed by atoms with Gasteiger partial charge in [-0.2, -0.15) is 0 Å². The van der Waals surface area contributed by atoms with Gasteiger partial charge >= 0.3 is 0 Å². The summed E-state index contributed by atoms with van der Waals surface area (Å²) < 4.78 is 6.36. The number of carbonyl (C=O) groups excluding carboxylic acids is 1. The van der Waals surface area contributed by atoms with Gasteiger partial charge in [-0.05, 0) is 47.7 Å². The number of likely N-dealkylation sites (N-methyl/N-ethyl adjacent to an activating group) is 1. The van der Waals surface area contributed by atoms with Crippen LogP contribution in [0.15, 0.2) is 18.2 Å². The van der Waals surface area contributed by atoms with Crippen LogP contribution in [0, 0.1) is 3.57 Å². The van der Waals surface area contributed by atoms with E-state index >= 15 is 0 Å². The number of carbonyl (C=O) groups is 1. The lowest BCUT2D eigenvalue weighted by Crippen LogP contribution is -2.31. The van der Waals surface area contributed by atoms with Gasteiger partial charge in [-0.15, -0.1) is 0 Å². The number of nitrogens with zero attached hydrogens (tertiary/aromatic N) is 1. The van der Waals surface area contributed by atoms with Crippen molar-refractivity contribution in [1.29, 1.82) is 0 Å². The molecule has 5 heteroatoms. The zero-order valence-electron chi connectivity index (χ0n) is 9.17. The monoisotopic (exact) mass is 353 g/mol. The van der Waals surface area contributed by atoms with Crippen LogP contribution >= 0.6 is 34.2 Å². The van der Waals surface area contributed by atoms with Crippen molar-refractivity contribution in [2.24, 2.45) is 0 Å². The summed E-state index contributed by atoms with van der Waals surface area (Å²) in [5, 5.41) is 0.603. The number of ether oxygens (including phenoxy) is 1. The Balaban J connectivity index is 2.61. The van der Waals surface area contributed by atoms with Gasteiger partial charge in [0.2, 0.25) is 0 Å². The van der Waals surface area contributed by atoms with E-state index in [9.17, 15) is 4.79 Å². The second-order valence-corrected chi connectivity index (χ2v) is 4.87. The molecule has 0 aliphatic carbocycles. The van der Waals surface area contributed by atoms with Gasteiger partial charge in [0.1, 0.15) is 5.75 Å². The summed E-state index contributed by atoms with van der Waals surface area (Å²) in [5.41, 5.74) is 0. The third-order valence-electron chi connectivity index (χ3n) is 2.14. The number of benzene rings is 1. The molecule has 3 nitrogen and oxygen atoms in total. The average Bonchev–Trinajstić information content (AvgIpc) is 2.28. The number of hydrogen-bond donors (Lipinski definition) is 0. The first-order chi connectivity index (χ1) is 7.54. The van der Waals surface area contributed by atoms with Gasteiger partial charge in [0, 0.05) is 18.6 Å². The molecule has 1 rings (SSSR count). The van der Waals surface area contributed by atoms with Gasteiger partial charge < -0.3 is 9.64 Å². The molecule has 1 amide bonds. The molecule has 0 aromatic heterocycles. The highest BCUT2D eigenvalue weighted by Crippen LogP contribution is 2.24. The number of amides is 1. The van der Waals surface area contributed by atoms with Crippen LogP contribution in [0.4, 0.5) is 0 Å². The van der Waals surface area contributed by atoms with E-state index in [2.05, 4.69) is 22.6 Å². The van der Waals surface area contributed by atoms with Crippen LogP contribution in [0.3, 0.4) is 0 Å². The molecule has 0 fully saturated rings. The molecule has 0 saturated carbocycles. The van der Waals surface area contributed by atoms with Gasteiger partial charge in [-0.25, -0.2) is 0 Å². The fourth-order valence-corrected chi connectivity index (χ4v) is 1.67. The lowest BCUT2D eigenvalue weighted by Gasteiger charge is -2.15. The fraction of sp³-hybridized carbons (Fsp3) is 0.364. The molecule has 0 spiro atoms. The third kappa shape index (κ3) is 3.83. The average molecular weight is 354 g/mol. The van der Waals surface area contributed by atoms with Crippen LogP contribution in [0.5, 0.6) is 5.75 Å². The second kappa shape index (κ2) is 6.30. The standard InChI is InChI=1S/C11H13ClINO2/c1-3-14(2)11(15)7-16-10-6-8(12)4-5-9(10)13/h4-6H,3,7H2,1-2H3. The van der Waals surface area contributed by atoms with Gasteiger partial charge in [0.15, 0.2) is 6.61 Å². The first-order valence-electron chi connectivity index (χ1n) is 4.86. The molecule has 0 atom stereocenters. The van der Waals surface area contributed by atoms with Gasteiger partial charge in [-0.1, -0.05) is 11.6 Å². The minimum atomic E-state index is -0.0433. The van der Waals surface area contributed by atoms with Crippen LogP contribution in [-0.2, 0) is 4.79 Å². The van der Waals surface area contributed by atoms with Crippen molar-refractivity contribution >= 4 is 40.1 Å². The highest BCUT2D eigenvalue weighted by molar-refractivity contribution is 14.1. The molecule has 0 saturated heterocycles. The smallest absolute Gasteiger partial charge is 0.260 e. The van der Waals surface area contributed by atoms with E-state index < -0.39 is 0 Å². The Morgan fingerprint density at radius 1 is 1.56 bits per heavy atom. The van der Waals surface area contributed by atoms with Crippen molar-refractivity contribution in [2.75, 3.05) is 20.2 Å². The summed E-state index contributed by atoms with van der Waals surface area (Å²) >= 11 is 7.99. The maximum atomic E-state index is 11.5. The maximum absolute atomic E-state index is 11.5. The highest BCUT2D eigenvalue weighted by atomic mass is 127. The summed E-state index contributed by atoms with van der Waals surface area (Å²) in [6.07, 6.45) is 0. The third-order valence-corrected chi connectivity index (χ3v) is 3.27. The molecule has 0 aliphatic rings. The zero-order valence-corrected chi connectivity index (χ0v) is 12.1. The van der Waals surface area contributed by atoms with Crippen molar-refractivity contribution < 1.29 is 9.53 Å². The van der Waals surface area contributed by atoms with Crippen LogP contribution in [0.2, 0.25) is 5.02 Å². The minimum Gasteiger partial charge on any atom is -0.483 e. The summed E-state index contributed by atoms with van der Waals surface area (Å²) in [6.45, 7) is 2.64. The Labute approximate surface area is 114 Å². The zero-order chi connectivity index (χ0) is 12.1. The predicted octanol–water partition coefficient (Wildman–Crippen LogP) is 2.80. The molecular formula is C11H13ClINO2. The summed E-state index contributed by atoms with van der Waals surface area (Å²) in [7, 11) is 1.74. The summed E-state index contributed by atoms with van der Waals surface area (Å²) in [4.78, 5) is 13.1. The second-order valence-electron chi connectivity index (χ2n) is 3.27. The van der Waals surface area contributed by atoms with E-state index in [4.69, 9.17) is 16.3 Å². The highest BCUT2D eigenvalue weighted by Gasteiger charge is 2.09. The Morgan fingerprint density at radius 3 is 2.88 bits per heavy atom.